The molecule has 0 bridgehead atoms. The molecule has 57 heavy (non-hydrogen) atoms. The van der Waals surface area contributed by atoms with E-state index in [0.717, 1.165) is 36.6 Å². The van der Waals surface area contributed by atoms with Crippen molar-refractivity contribution in [2.75, 3.05) is 32.2 Å². The van der Waals surface area contributed by atoms with Crippen LogP contribution in [0.25, 0.3) is 22.1 Å². The lowest BCUT2D eigenvalue weighted by Gasteiger charge is -2.23. The van der Waals surface area contributed by atoms with Crippen LogP contribution in [0.5, 0.6) is 0 Å². The maximum atomic E-state index is 13.4. The summed E-state index contributed by atoms with van der Waals surface area (Å²) in [5, 5.41) is 3.19. The molecule has 0 aliphatic carbocycles. The summed E-state index contributed by atoms with van der Waals surface area (Å²) in [5.41, 5.74) is 4.71. The Morgan fingerprint density at radius 2 is 1.25 bits per heavy atom. The number of anilines is 1. The zero-order valence-corrected chi connectivity index (χ0v) is 33.4. The van der Waals surface area contributed by atoms with Gasteiger partial charge in [-0.15, -0.1) is 0 Å². The number of benzene rings is 4. The highest BCUT2D eigenvalue weighted by Gasteiger charge is 2.26. The molecule has 4 heterocycles. The van der Waals surface area contributed by atoms with Gasteiger partial charge in [0.25, 0.3) is 11.1 Å². The molecule has 13 heteroatoms. The first kappa shape index (κ1) is 40.8. The first-order valence-electron chi connectivity index (χ1n) is 19.1. The van der Waals surface area contributed by atoms with Gasteiger partial charge < -0.3 is 19.7 Å². The van der Waals surface area contributed by atoms with Gasteiger partial charge in [0, 0.05) is 18.6 Å². The Balaban J connectivity index is 0.000000170. The molecule has 2 aromatic heterocycles. The predicted molar refractivity (Wildman–Crippen MR) is 224 cm³/mol. The SMILES string of the molecule is COC(=O)c1ccc2c(c1)nc(Cl)c(=O)n2Cc1ccccc1.COC(=O)c1ccc2c(c1)nc(N1CCC[C@@H]1C)c(=O)n2Cc1ccccc1.C[C@H]1CCCN1. The maximum Gasteiger partial charge on any atom is 0.337 e. The molecule has 0 spiro atoms. The highest BCUT2D eigenvalue weighted by Crippen LogP contribution is 2.24. The Morgan fingerprint density at radius 3 is 1.68 bits per heavy atom. The summed E-state index contributed by atoms with van der Waals surface area (Å²) in [7, 11) is 2.66. The van der Waals surface area contributed by atoms with E-state index in [9.17, 15) is 19.2 Å². The van der Waals surface area contributed by atoms with Crippen LogP contribution in [0, 0.1) is 0 Å². The van der Waals surface area contributed by atoms with Gasteiger partial charge in [0.2, 0.25) is 0 Å². The van der Waals surface area contributed by atoms with Crippen LogP contribution in [0.1, 0.15) is 71.4 Å². The number of hydrogen-bond acceptors (Lipinski definition) is 10. The van der Waals surface area contributed by atoms with E-state index in [2.05, 4.69) is 34.0 Å². The van der Waals surface area contributed by atoms with Gasteiger partial charge in [0.05, 0.1) is 60.5 Å². The molecule has 296 valence electrons. The topological polar surface area (TPSA) is 138 Å². The van der Waals surface area contributed by atoms with Crippen LogP contribution in [0.2, 0.25) is 5.15 Å². The lowest BCUT2D eigenvalue weighted by atomic mass is 10.1. The highest BCUT2D eigenvalue weighted by atomic mass is 35.5. The van der Waals surface area contributed by atoms with Crippen LogP contribution in [0.15, 0.2) is 107 Å². The minimum Gasteiger partial charge on any atom is -0.465 e. The number of carbonyl (C=O) groups excluding carboxylic acids is 2. The minimum atomic E-state index is -0.467. The quantitative estimate of drug-likeness (QED) is 0.171. The number of rotatable bonds is 7. The molecule has 0 radical (unpaired) electrons. The van der Waals surface area contributed by atoms with Crippen LogP contribution in [0.4, 0.5) is 5.82 Å². The Morgan fingerprint density at radius 1 is 0.719 bits per heavy atom. The van der Waals surface area contributed by atoms with Crippen LogP contribution in [-0.4, -0.2) is 70.4 Å². The molecule has 2 saturated heterocycles. The molecule has 0 unspecified atom stereocenters. The molecule has 1 N–H and O–H groups in total. The zero-order chi connectivity index (χ0) is 40.5. The zero-order valence-electron chi connectivity index (χ0n) is 32.6. The number of fused-ring (bicyclic) bond motifs is 2. The Labute approximate surface area is 336 Å². The van der Waals surface area contributed by atoms with Crippen molar-refractivity contribution in [2.24, 2.45) is 0 Å². The molecule has 8 rings (SSSR count). The normalized spacial score (nSPS) is 16.1. The lowest BCUT2D eigenvalue weighted by molar-refractivity contribution is 0.0592. The fourth-order valence-corrected chi connectivity index (χ4v) is 7.27. The van der Waals surface area contributed by atoms with Crippen molar-refractivity contribution < 1.29 is 19.1 Å². The second-order valence-corrected chi connectivity index (χ2v) is 14.5. The molecule has 2 aliphatic heterocycles. The summed E-state index contributed by atoms with van der Waals surface area (Å²) in [6.07, 6.45) is 4.84. The van der Waals surface area contributed by atoms with Crippen molar-refractivity contribution in [1.82, 2.24) is 24.4 Å². The van der Waals surface area contributed by atoms with E-state index >= 15 is 0 Å². The van der Waals surface area contributed by atoms with Gasteiger partial charge in [-0.1, -0.05) is 72.3 Å². The van der Waals surface area contributed by atoms with Crippen LogP contribution >= 0.6 is 11.6 Å². The molecule has 12 nitrogen and oxygen atoms in total. The number of aromatic nitrogens is 4. The third-order valence-corrected chi connectivity index (χ3v) is 10.4. The van der Waals surface area contributed by atoms with Gasteiger partial charge in [-0.2, -0.15) is 0 Å². The van der Waals surface area contributed by atoms with Crippen LogP contribution < -0.4 is 21.3 Å². The number of nitrogens with zero attached hydrogens (tertiary/aromatic N) is 5. The van der Waals surface area contributed by atoms with Crippen molar-refractivity contribution in [2.45, 2.75) is 64.7 Å². The number of nitrogens with one attached hydrogen (secondary N) is 1. The molecular formula is C44H47ClN6O6. The van der Waals surface area contributed by atoms with Crippen molar-refractivity contribution in [3.63, 3.8) is 0 Å². The summed E-state index contributed by atoms with van der Waals surface area (Å²) >= 11 is 5.96. The highest BCUT2D eigenvalue weighted by molar-refractivity contribution is 6.29. The van der Waals surface area contributed by atoms with Crippen molar-refractivity contribution in [1.29, 1.82) is 0 Å². The number of esters is 2. The number of methoxy groups -OCH3 is 2. The smallest absolute Gasteiger partial charge is 0.337 e. The van der Waals surface area contributed by atoms with Crippen molar-refractivity contribution >= 4 is 51.4 Å². The van der Waals surface area contributed by atoms with Gasteiger partial charge >= 0.3 is 11.9 Å². The van der Waals surface area contributed by atoms with Crippen molar-refractivity contribution in [3.8, 4) is 0 Å². The van der Waals surface area contributed by atoms with Gasteiger partial charge in [-0.05, 0) is 93.6 Å². The van der Waals surface area contributed by atoms with Crippen molar-refractivity contribution in [3.05, 3.63) is 145 Å². The van der Waals surface area contributed by atoms with Gasteiger partial charge in [-0.3, -0.25) is 18.7 Å². The number of hydrogen-bond donors (Lipinski definition) is 1. The Hall–Kier alpha value is -5.85. The molecule has 4 aromatic carbocycles. The Bertz CT molecular complexity index is 2470. The molecular weight excluding hydrogens is 744 g/mol. The van der Waals surface area contributed by atoms with Gasteiger partial charge in [-0.25, -0.2) is 19.6 Å². The standard InChI is InChI=1S/C22H23N3O3.C17H13ClN2O3.C5H11N/c1-15-7-6-12-24(15)20-21(26)25(14-16-8-4-3-5-9-16)19-11-10-17(22(27)28-2)13-18(19)23-20;1-23-17(22)12-7-8-14-13(9-12)19-15(18)16(21)20(14)10-11-5-3-2-4-6-11;1-5-3-2-4-6-5/h3-5,8-11,13,15H,6-7,12,14H2,1-2H3;2-9H,10H2,1H3;5-6H,2-4H2,1H3/t15-;;5-/m0.0/s1. The van der Waals surface area contributed by atoms with Crippen LogP contribution in [-0.2, 0) is 22.6 Å². The van der Waals surface area contributed by atoms with E-state index in [-0.39, 0.29) is 22.3 Å². The van der Waals surface area contributed by atoms with Gasteiger partial charge in [0.1, 0.15) is 0 Å². The second kappa shape index (κ2) is 18.9. The first-order valence-corrected chi connectivity index (χ1v) is 19.4. The average Bonchev–Trinajstić information content (AvgIpc) is 3.91. The maximum absolute atomic E-state index is 13.4. The summed E-state index contributed by atoms with van der Waals surface area (Å²) < 4.78 is 12.8. The Kier molecular flexibility index (Phi) is 13.5. The van der Waals surface area contributed by atoms with E-state index in [1.54, 1.807) is 45.5 Å². The summed E-state index contributed by atoms with van der Waals surface area (Å²) in [4.78, 5) is 60.1. The molecule has 2 fully saturated rings. The van der Waals surface area contributed by atoms with E-state index in [1.807, 2.05) is 60.7 Å². The summed E-state index contributed by atoms with van der Waals surface area (Å²) in [5.74, 6) is -0.429. The number of halogens is 1. The van der Waals surface area contributed by atoms with E-state index < -0.39 is 11.9 Å². The fraction of sp³-hybridized carbons (Fsp3) is 0.318. The molecule has 6 aromatic rings. The predicted octanol–water partition coefficient (Wildman–Crippen LogP) is 6.86. The minimum absolute atomic E-state index is 0.101. The second-order valence-electron chi connectivity index (χ2n) is 14.2. The molecule has 2 atom stereocenters. The third kappa shape index (κ3) is 9.76. The monoisotopic (exact) mass is 790 g/mol. The number of carbonyl (C=O) groups is 2. The van der Waals surface area contributed by atoms with E-state index in [1.165, 1.54) is 33.6 Å². The van der Waals surface area contributed by atoms with E-state index in [4.69, 9.17) is 21.1 Å². The van der Waals surface area contributed by atoms with Gasteiger partial charge in [0.15, 0.2) is 11.0 Å². The summed E-state index contributed by atoms with van der Waals surface area (Å²) in [6.45, 7) is 7.22. The van der Waals surface area contributed by atoms with E-state index in [0.29, 0.717) is 52.1 Å². The first-order chi connectivity index (χ1) is 27.6. The lowest BCUT2D eigenvalue weighted by Crippen LogP contribution is -2.36. The third-order valence-electron chi connectivity index (χ3n) is 10.2. The molecule has 2 aliphatic rings. The number of ether oxygens (including phenoxy) is 2. The largest absolute Gasteiger partial charge is 0.465 e. The molecule has 0 saturated carbocycles. The van der Waals surface area contributed by atoms with Crippen LogP contribution in [0.3, 0.4) is 0 Å². The fourth-order valence-electron chi connectivity index (χ4n) is 7.08. The summed E-state index contributed by atoms with van der Waals surface area (Å²) in [6, 6.07) is 30.5. The average molecular weight is 791 g/mol. The molecule has 0 amide bonds.